The van der Waals surface area contributed by atoms with Gasteiger partial charge in [-0.05, 0) is 34.7 Å². The SMILES string of the molecule is O=S1(=O)CCC(C(Cl)c2csc3ccccc23)C1. The van der Waals surface area contributed by atoms with E-state index in [1.54, 1.807) is 11.3 Å². The van der Waals surface area contributed by atoms with E-state index in [1.165, 1.54) is 4.70 Å². The quantitative estimate of drug-likeness (QED) is 0.794. The smallest absolute Gasteiger partial charge is 0.150 e. The number of alkyl halides is 1. The molecule has 1 aromatic carbocycles. The second-order valence-electron chi connectivity index (χ2n) is 4.75. The lowest BCUT2D eigenvalue weighted by Gasteiger charge is -2.15. The van der Waals surface area contributed by atoms with Crippen molar-refractivity contribution < 1.29 is 8.42 Å². The van der Waals surface area contributed by atoms with E-state index in [4.69, 9.17) is 11.6 Å². The normalized spacial score (nSPS) is 24.4. The summed E-state index contributed by atoms with van der Waals surface area (Å²) in [5.74, 6) is 0.559. The number of sulfone groups is 1. The second kappa shape index (κ2) is 4.51. The van der Waals surface area contributed by atoms with Crippen molar-refractivity contribution in [2.24, 2.45) is 5.92 Å². The Kier molecular flexibility index (Phi) is 3.12. The Morgan fingerprint density at radius 1 is 1.33 bits per heavy atom. The van der Waals surface area contributed by atoms with Crippen LogP contribution in [-0.4, -0.2) is 19.9 Å². The zero-order valence-electron chi connectivity index (χ0n) is 9.67. The number of hydrogen-bond donors (Lipinski definition) is 0. The first-order chi connectivity index (χ1) is 8.57. The number of benzene rings is 1. The molecule has 18 heavy (non-hydrogen) atoms. The third-order valence-corrected chi connectivity index (χ3v) is 6.86. The van der Waals surface area contributed by atoms with Crippen LogP contribution in [0.15, 0.2) is 29.6 Å². The monoisotopic (exact) mass is 300 g/mol. The first-order valence-electron chi connectivity index (χ1n) is 5.87. The number of halogens is 1. The molecule has 2 nitrogen and oxygen atoms in total. The maximum absolute atomic E-state index is 11.5. The van der Waals surface area contributed by atoms with Gasteiger partial charge in [-0.25, -0.2) is 8.42 Å². The highest BCUT2D eigenvalue weighted by Gasteiger charge is 2.34. The van der Waals surface area contributed by atoms with Gasteiger partial charge in [0.25, 0.3) is 0 Å². The lowest BCUT2D eigenvalue weighted by Crippen LogP contribution is -2.10. The fourth-order valence-corrected chi connectivity index (χ4v) is 5.93. The van der Waals surface area contributed by atoms with Gasteiger partial charge in [0.1, 0.15) is 0 Å². The van der Waals surface area contributed by atoms with Gasteiger partial charge in [0.05, 0.1) is 16.9 Å². The number of thiophene rings is 1. The highest BCUT2D eigenvalue weighted by Crippen LogP contribution is 2.41. The van der Waals surface area contributed by atoms with E-state index in [0.717, 1.165) is 10.9 Å². The highest BCUT2D eigenvalue weighted by atomic mass is 35.5. The first-order valence-corrected chi connectivity index (χ1v) is 9.01. The van der Waals surface area contributed by atoms with Crippen LogP contribution in [0, 0.1) is 5.92 Å². The van der Waals surface area contributed by atoms with Crippen LogP contribution in [0.5, 0.6) is 0 Å². The van der Waals surface area contributed by atoms with E-state index in [0.29, 0.717) is 6.42 Å². The molecule has 1 fully saturated rings. The van der Waals surface area contributed by atoms with Crippen LogP contribution in [0.4, 0.5) is 0 Å². The molecule has 2 atom stereocenters. The van der Waals surface area contributed by atoms with Gasteiger partial charge in [0.2, 0.25) is 0 Å². The van der Waals surface area contributed by atoms with Gasteiger partial charge in [0.15, 0.2) is 9.84 Å². The predicted octanol–water partition coefficient (Wildman–Crippen LogP) is 3.62. The Bertz CT molecular complexity index is 675. The van der Waals surface area contributed by atoms with Crippen LogP contribution in [0.1, 0.15) is 17.4 Å². The van der Waals surface area contributed by atoms with Crippen molar-refractivity contribution >= 4 is 42.9 Å². The molecule has 2 heterocycles. The standard InChI is InChI=1S/C13H13ClO2S2/c14-13(9-5-6-18(15,16)8-9)11-7-17-12-4-2-1-3-10(11)12/h1-4,7,9,13H,5-6,8H2. The average molecular weight is 301 g/mol. The highest BCUT2D eigenvalue weighted by molar-refractivity contribution is 7.91. The minimum absolute atomic E-state index is 0.0506. The van der Waals surface area contributed by atoms with Crippen LogP contribution in [-0.2, 0) is 9.84 Å². The molecule has 3 rings (SSSR count). The summed E-state index contributed by atoms with van der Waals surface area (Å²) in [6.45, 7) is 0. The molecule has 1 saturated heterocycles. The summed E-state index contributed by atoms with van der Waals surface area (Å²) in [5, 5.41) is 3.03. The van der Waals surface area contributed by atoms with Crippen molar-refractivity contribution in [3.63, 3.8) is 0 Å². The Hall–Kier alpha value is -0.580. The van der Waals surface area contributed by atoms with E-state index in [-0.39, 0.29) is 22.8 Å². The number of hydrogen-bond acceptors (Lipinski definition) is 3. The maximum Gasteiger partial charge on any atom is 0.150 e. The summed E-state index contributed by atoms with van der Waals surface area (Å²) in [6.07, 6.45) is 0.681. The summed E-state index contributed by atoms with van der Waals surface area (Å²) in [4.78, 5) is 0. The number of fused-ring (bicyclic) bond motifs is 1. The molecular weight excluding hydrogens is 288 g/mol. The van der Waals surface area contributed by atoms with Gasteiger partial charge in [-0.1, -0.05) is 18.2 Å². The van der Waals surface area contributed by atoms with E-state index in [9.17, 15) is 8.42 Å². The fourth-order valence-electron chi connectivity index (χ4n) is 2.52. The Morgan fingerprint density at radius 3 is 2.83 bits per heavy atom. The molecule has 0 N–H and O–H groups in total. The molecule has 1 aliphatic rings. The van der Waals surface area contributed by atoms with Crippen LogP contribution < -0.4 is 0 Å². The van der Waals surface area contributed by atoms with Gasteiger partial charge in [-0.15, -0.1) is 22.9 Å². The molecular formula is C13H13ClO2S2. The van der Waals surface area contributed by atoms with Crippen molar-refractivity contribution in [2.45, 2.75) is 11.8 Å². The molecule has 5 heteroatoms. The molecule has 0 bridgehead atoms. The van der Waals surface area contributed by atoms with Gasteiger partial charge in [0, 0.05) is 4.70 Å². The molecule has 0 spiro atoms. The van der Waals surface area contributed by atoms with E-state index in [1.807, 2.05) is 12.1 Å². The third-order valence-electron chi connectivity index (χ3n) is 3.49. The van der Waals surface area contributed by atoms with E-state index in [2.05, 4.69) is 17.5 Å². The summed E-state index contributed by atoms with van der Waals surface area (Å²) < 4.78 is 24.3. The fraction of sp³-hybridized carbons (Fsp3) is 0.385. The molecule has 1 aromatic heterocycles. The Balaban J connectivity index is 1.95. The average Bonchev–Trinajstić information content (AvgIpc) is 2.91. The second-order valence-corrected chi connectivity index (χ2v) is 8.36. The third kappa shape index (κ3) is 2.17. The van der Waals surface area contributed by atoms with Crippen molar-refractivity contribution in [3.05, 3.63) is 35.2 Å². The molecule has 2 aromatic rings. The molecule has 0 radical (unpaired) electrons. The van der Waals surface area contributed by atoms with Gasteiger partial charge in [-0.2, -0.15) is 0 Å². The molecule has 0 aliphatic carbocycles. The topological polar surface area (TPSA) is 34.1 Å². The molecule has 0 amide bonds. The minimum atomic E-state index is -2.87. The summed E-state index contributed by atoms with van der Waals surface area (Å²) in [5.41, 5.74) is 1.08. The van der Waals surface area contributed by atoms with Crippen molar-refractivity contribution in [1.29, 1.82) is 0 Å². The van der Waals surface area contributed by atoms with Crippen molar-refractivity contribution in [2.75, 3.05) is 11.5 Å². The minimum Gasteiger partial charge on any atom is -0.229 e. The summed E-state index contributed by atoms with van der Waals surface area (Å²) >= 11 is 8.17. The van der Waals surface area contributed by atoms with Crippen molar-refractivity contribution in [3.8, 4) is 0 Å². The van der Waals surface area contributed by atoms with Crippen LogP contribution in [0.2, 0.25) is 0 Å². The van der Waals surface area contributed by atoms with Gasteiger partial charge < -0.3 is 0 Å². The largest absolute Gasteiger partial charge is 0.229 e. The lowest BCUT2D eigenvalue weighted by atomic mass is 9.98. The van der Waals surface area contributed by atoms with Gasteiger partial charge >= 0.3 is 0 Å². The molecule has 2 unspecified atom stereocenters. The number of rotatable bonds is 2. The van der Waals surface area contributed by atoms with Crippen LogP contribution >= 0.6 is 22.9 Å². The zero-order valence-corrected chi connectivity index (χ0v) is 12.1. The molecule has 1 aliphatic heterocycles. The molecule has 96 valence electrons. The maximum atomic E-state index is 11.5. The van der Waals surface area contributed by atoms with Crippen LogP contribution in [0.3, 0.4) is 0 Å². The summed E-state index contributed by atoms with van der Waals surface area (Å²) in [6, 6.07) is 8.12. The Morgan fingerprint density at radius 2 is 2.11 bits per heavy atom. The van der Waals surface area contributed by atoms with E-state index < -0.39 is 9.84 Å². The van der Waals surface area contributed by atoms with Gasteiger partial charge in [-0.3, -0.25) is 0 Å². The van der Waals surface area contributed by atoms with Crippen LogP contribution in [0.25, 0.3) is 10.1 Å². The van der Waals surface area contributed by atoms with Crippen molar-refractivity contribution in [1.82, 2.24) is 0 Å². The van der Waals surface area contributed by atoms with E-state index >= 15 is 0 Å². The first kappa shape index (κ1) is 12.5. The zero-order chi connectivity index (χ0) is 12.8. The predicted molar refractivity (Wildman–Crippen MR) is 77.2 cm³/mol. The molecule has 0 saturated carbocycles. The summed E-state index contributed by atoms with van der Waals surface area (Å²) in [7, 11) is -2.87. The lowest BCUT2D eigenvalue weighted by molar-refractivity contribution is 0.571. The Labute approximate surface area is 116 Å².